The van der Waals surface area contributed by atoms with Crippen LogP contribution in [0.2, 0.25) is 5.02 Å². The minimum absolute atomic E-state index is 0.146. The molecule has 0 saturated carbocycles. The maximum Gasteiger partial charge on any atom is 0.226 e. The van der Waals surface area contributed by atoms with Gasteiger partial charge >= 0.3 is 0 Å². The first-order chi connectivity index (χ1) is 14.1. The molecule has 0 spiro atoms. The molecular weight excluding hydrogens is 410 g/mol. The van der Waals surface area contributed by atoms with Gasteiger partial charge in [-0.05, 0) is 67.2 Å². The first-order valence-electron chi connectivity index (χ1n) is 9.52. The molecule has 2 aromatic carbocycles. The number of amides is 1. The zero-order chi connectivity index (χ0) is 20.5. The molecule has 8 heteroatoms. The van der Waals surface area contributed by atoms with Crippen LogP contribution in [0.25, 0.3) is 0 Å². The van der Waals surface area contributed by atoms with Crippen molar-refractivity contribution in [3.8, 4) is 5.75 Å². The molecule has 1 saturated heterocycles. The minimum Gasteiger partial charge on any atom is -0.494 e. The molecular formula is C21H24ClN3O3S. The second kappa shape index (κ2) is 11.0. The highest BCUT2D eigenvalue weighted by molar-refractivity contribution is 7.80. The fourth-order valence-corrected chi connectivity index (χ4v) is 3.24. The average molecular weight is 434 g/mol. The third kappa shape index (κ3) is 7.20. The third-order valence-corrected chi connectivity index (χ3v) is 4.84. The molecule has 0 unspecified atom stereocenters. The molecule has 2 N–H and O–H groups in total. The van der Waals surface area contributed by atoms with Crippen molar-refractivity contribution in [2.45, 2.75) is 12.8 Å². The Morgan fingerprint density at radius 2 is 1.79 bits per heavy atom. The normalized spacial score (nSPS) is 13.6. The Kier molecular flexibility index (Phi) is 8.10. The number of ether oxygens (including phenoxy) is 2. The van der Waals surface area contributed by atoms with E-state index in [0.29, 0.717) is 24.5 Å². The summed E-state index contributed by atoms with van der Waals surface area (Å²) in [5.74, 6) is 0.583. The minimum atomic E-state index is -0.146. The van der Waals surface area contributed by atoms with E-state index in [1.165, 1.54) is 0 Å². The summed E-state index contributed by atoms with van der Waals surface area (Å²) < 4.78 is 10.9. The highest BCUT2D eigenvalue weighted by Gasteiger charge is 2.11. The van der Waals surface area contributed by atoms with Gasteiger partial charge in [-0.2, -0.15) is 0 Å². The summed E-state index contributed by atoms with van der Waals surface area (Å²) in [6.45, 7) is 3.73. The van der Waals surface area contributed by atoms with Gasteiger partial charge in [-0.15, -0.1) is 0 Å². The molecule has 1 aliphatic rings. The van der Waals surface area contributed by atoms with Crippen molar-refractivity contribution in [3.63, 3.8) is 0 Å². The van der Waals surface area contributed by atoms with Gasteiger partial charge in [-0.3, -0.25) is 4.79 Å². The Morgan fingerprint density at radius 1 is 1.10 bits per heavy atom. The Balaban J connectivity index is 1.35. The summed E-state index contributed by atoms with van der Waals surface area (Å²) >= 11 is 11.1. The largest absolute Gasteiger partial charge is 0.494 e. The number of thiocarbonyl (C=S) groups is 1. The number of benzene rings is 2. The van der Waals surface area contributed by atoms with Gasteiger partial charge < -0.3 is 25.0 Å². The van der Waals surface area contributed by atoms with Gasteiger partial charge in [0.05, 0.1) is 19.8 Å². The van der Waals surface area contributed by atoms with E-state index in [1.807, 2.05) is 24.3 Å². The smallest absolute Gasteiger partial charge is 0.226 e. The number of halogens is 1. The molecule has 0 aliphatic carbocycles. The van der Waals surface area contributed by atoms with E-state index in [0.717, 1.165) is 43.4 Å². The van der Waals surface area contributed by atoms with Crippen LogP contribution in [-0.4, -0.2) is 43.9 Å². The van der Waals surface area contributed by atoms with Gasteiger partial charge in [0.25, 0.3) is 0 Å². The van der Waals surface area contributed by atoms with Crippen molar-refractivity contribution in [2.24, 2.45) is 0 Å². The van der Waals surface area contributed by atoms with Crippen LogP contribution in [-0.2, 0) is 9.53 Å². The number of hydrogen-bond acceptors (Lipinski definition) is 5. The zero-order valence-corrected chi connectivity index (χ0v) is 17.6. The SMILES string of the molecule is O=C(CCCOc1ccc(Cl)cc1)NC(=S)Nc1ccc(N2CCOCC2)cc1. The number of nitrogens with zero attached hydrogens (tertiary/aromatic N) is 1. The maximum absolute atomic E-state index is 12.0. The summed E-state index contributed by atoms with van der Waals surface area (Å²) in [5, 5.41) is 6.68. The Hall–Kier alpha value is -2.35. The second-order valence-electron chi connectivity index (χ2n) is 6.55. The van der Waals surface area contributed by atoms with E-state index >= 15 is 0 Å². The summed E-state index contributed by atoms with van der Waals surface area (Å²) in [4.78, 5) is 14.3. The molecule has 0 radical (unpaired) electrons. The van der Waals surface area contributed by atoms with Crippen LogP contribution >= 0.6 is 23.8 Å². The van der Waals surface area contributed by atoms with Crippen LogP contribution in [0.15, 0.2) is 48.5 Å². The fraction of sp³-hybridized carbons (Fsp3) is 0.333. The quantitative estimate of drug-likeness (QED) is 0.511. The summed E-state index contributed by atoms with van der Waals surface area (Å²) in [5.41, 5.74) is 1.98. The molecule has 2 aromatic rings. The second-order valence-corrected chi connectivity index (χ2v) is 7.40. The molecule has 1 heterocycles. The molecule has 1 aliphatic heterocycles. The summed E-state index contributed by atoms with van der Waals surface area (Å²) in [7, 11) is 0. The highest BCUT2D eigenvalue weighted by atomic mass is 35.5. The van der Waals surface area contributed by atoms with Crippen molar-refractivity contribution >= 4 is 46.2 Å². The highest BCUT2D eigenvalue weighted by Crippen LogP contribution is 2.19. The van der Waals surface area contributed by atoms with Crippen LogP contribution in [0.5, 0.6) is 5.75 Å². The monoisotopic (exact) mass is 433 g/mol. The first kappa shape index (κ1) is 21.4. The Labute approximate surface area is 181 Å². The lowest BCUT2D eigenvalue weighted by Crippen LogP contribution is -2.36. The van der Waals surface area contributed by atoms with Crippen molar-refractivity contribution in [3.05, 3.63) is 53.6 Å². The van der Waals surface area contributed by atoms with Crippen molar-refractivity contribution < 1.29 is 14.3 Å². The predicted octanol–water partition coefficient (Wildman–Crippen LogP) is 3.85. The van der Waals surface area contributed by atoms with Crippen molar-refractivity contribution in [1.82, 2.24) is 5.32 Å². The van der Waals surface area contributed by atoms with E-state index in [9.17, 15) is 4.79 Å². The van der Waals surface area contributed by atoms with Crippen LogP contribution in [0.3, 0.4) is 0 Å². The fourth-order valence-electron chi connectivity index (χ4n) is 2.88. The van der Waals surface area contributed by atoms with Gasteiger partial charge in [-0.1, -0.05) is 11.6 Å². The summed E-state index contributed by atoms with van der Waals surface area (Å²) in [6, 6.07) is 15.1. The van der Waals surface area contributed by atoms with Crippen LogP contribution in [0.4, 0.5) is 11.4 Å². The molecule has 0 atom stereocenters. The first-order valence-corrected chi connectivity index (χ1v) is 10.3. The third-order valence-electron chi connectivity index (χ3n) is 4.38. The van der Waals surface area contributed by atoms with Gasteiger partial charge in [0, 0.05) is 35.9 Å². The van der Waals surface area contributed by atoms with Gasteiger partial charge in [0.2, 0.25) is 5.91 Å². The van der Waals surface area contributed by atoms with E-state index in [1.54, 1.807) is 24.3 Å². The van der Waals surface area contributed by atoms with Crippen molar-refractivity contribution in [1.29, 1.82) is 0 Å². The lowest BCUT2D eigenvalue weighted by atomic mass is 10.2. The Bertz CT molecular complexity index is 809. The molecule has 6 nitrogen and oxygen atoms in total. The molecule has 3 rings (SSSR count). The predicted molar refractivity (Wildman–Crippen MR) is 120 cm³/mol. The Morgan fingerprint density at radius 3 is 2.48 bits per heavy atom. The standard InChI is InChI=1S/C21H24ClN3O3S/c22-16-3-9-19(10-4-16)28-13-1-2-20(26)24-21(29)23-17-5-7-18(8-6-17)25-11-14-27-15-12-25/h3-10H,1-2,11-15H2,(H2,23,24,26,29). The lowest BCUT2D eigenvalue weighted by Gasteiger charge is -2.28. The van der Waals surface area contributed by atoms with E-state index < -0.39 is 0 Å². The summed E-state index contributed by atoms with van der Waals surface area (Å²) in [6.07, 6.45) is 0.913. The number of anilines is 2. The number of hydrogen-bond donors (Lipinski definition) is 2. The average Bonchev–Trinajstić information content (AvgIpc) is 2.73. The number of carbonyl (C=O) groups excluding carboxylic acids is 1. The zero-order valence-electron chi connectivity index (χ0n) is 16.0. The van der Waals surface area contributed by atoms with Crippen LogP contribution < -0.4 is 20.3 Å². The van der Waals surface area contributed by atoms with Crippen molar-refractivity contribution in [2.75, 3.05) is 43.1 Å². The topological polar surface area (TPSA) is 62.8 Å². The van der Waals surface area contributed by atoms with Gasteiger partial charge in [-0.25, -0.2) is 0 Å². The number of nitrogens with one attached hydrogen (secondary N) is 2. The molecule has 0 aromatic heterocycles. The molecule has 1 fully saturated rings. The number of morpholine rings is 1. The molecule has 154 valence electrons. The van der Waals surface area contributed by atoms with Crippen LogP contribution in [0.1, 0.15) is 12.8 Å². The van der Waals surface area contributed by atoms with E-state index in [4.69, 9.17) is 33.3 Å². The maximum atomic E-state index is 12.0. The van der Waals surface area contributed by atoms with E-state index in [-0.39, 0.29) is 11.0 Å². The molecule has 1 amide bonds. The number of rotatable bonds is 7. The van der Waals surface area contributed by atoms with Gasteiger partial charge in [0.15, 0.2) is 5.11 Å². The lowest BCUT2D eigenvalue weighted by molar-refractivity contribution is -0.119. The number of carbonyl (C=O) groups is 1. The van der Waals surface area contributed by atoms with Crippen LogP contribution in [0, 0.1) is 0 Å². The molecule has 29 heavy (non-hydrogen) atoms. The van der Waals surface area contributed by atoms with E-state index in [2.05, 4.69) is 15.5 Å². The molecule has 0 bridgehead atoms. The van der Waals surface area contributed by atoms with Gasteiger partial charge in [0.1, 0.15) is 5.75 Å².